The third kappa shape index (κ3) is 3.42. The number of likely N-dealkylation sites (N-methyl/N-ethyl adjacent to an activating group) is 1. The van der Waals surface area contributed by atoms with Crippen molar-refractivity contribution in [3.63, 3.8) is 0 Å². The normalized spacial score (nSPS) is 19.4. The molecular weight excluding hydrogens is 449 g/mol. The molecule has 1 aromatic carbocycles. The fourth-order valence-electron chi connectivity index (χ4n) is 5.72. The van der Waals surface area contributed by atoms with Gasteiger partial charge in [0.15, 0.2) is 6.10 Å². The summed E-state index contributed by atoms with van der Waals surface area (Å²) in [6.07, 6.45) is 0.179. The molecule has 3 aliphatic rings. The Morgan fingerprint density at radius 3 is 2.74 bits per heavy atom. The highest BCUT2D eigenvalue weighted by Crippen LogP contribution is 2.45. The van der Waals surface area contributed by atoms with Gasteiger partial charge >= 0.3 is 5.97 Å². The minimum absolute atomic E-state index is 0.152. The molecule has 2 atom stereocenters. The summed E-state index contributed by atoms with van der Waals surface area (Å²) in [7, 11) is 0. The number of fused-ring (bicyclic) bond motifs is 5. The Labute approximate surface area is 202 Å². The van der Waals surface area contributed by atoms with Gasteiger partial charge in [-0.1, -0.05) is 20.8 Å². The predicted molar refractivity (Wildman–Crippen MR) is 131 cm³/mol. The number of rotatable bonds is 3. The molecule has 2 aromatic heterocycles. The van der Waals surface area contributed by atoms with Crippen LogP contribution in [0.4, 0.5) is 4.39 Å². The molecule has 0 fully saturated rings. The second kappa shape index (κ2) is 8.84. The minimum atomic E-state index is -1.50. The first-order valence-electron chi connectivity index (χ1n) is 12.4. The van der Waals surface area contributed by atoms with Crippen LogP contribution in [-0.2, 0) is 29.1 Å². The Morgan fingerprint density at radius 1 is 1.23 bits per heavy atom. The number of nitrogens with one attached hydrogen (secondary N) is 1. The van der Waals surface area contributed by atoms with Crippen LogP contribution in [0.1, 0.15) is 72.6 Å². The van der Waals surface area contributed by atoms with Crippen molar-refractivity contribution >= 4 is 16.9 Å². The first-order valence-corrected chi connectivity index (χ1v) is 12.4. The Balaban J connectivity index is 0.00000124. The summed E-state index contributed by atoms with van der Waals surface area (Å²) in [6, 6.07) is 3.16. The van der Waals surface area contributed by atoms with Crippen LogP contribution < -0.4 is 10.9 Å². The zero-order valence-corrected chi connectivity index (χ0v) is 20.5. The molecule has 0 saturated carbocycles. The van der Waals surface area contributed by atoms with Gasteiger partial charge in [0, 0.05) is 29.1 Å². The van der Waals surface area contributed by atoms with Gasteiger partial charge in [0.25, 0.3) is 5.56 Å². The maximum absolute atomic E-state index is 14.8. The van der Waals surface area contributed by atoms with Gasteiger partial charge in [-0.2, -0.15) is 0 Å². The van der Waals surface area contributed by atoms with Crippen LogP contribution >= 0.6 is 0 Å². The van der Waals surface area contributed by atoms with Crippen molar-refractivity contribution in [2.24, 2.45) is 0 Å². The third-order valence-corrected chi connectivity index (χ3v) is 7.41. The standard InChI is InChI=1S/C25H24FN3O4.C2H6/c1-3-27-8-12-4-5-13-11(2)17(26)7-18-21(13)20(12)15-9-29-19(22(15)28-18)6-14-16(24(29)31)10-33-25(32)23(14)30;1-2/h6-7,12,23,27,30H,3-5,8-10H2,1-2H3;1-2H3. The topological polar surface area (TPSA) is 93.5 Å². The van der Waals surface area contributed by atoms with Crippen LogP contribution in [0.5, 0.6) is 0 Å². The number of nitrogens with zero attached hydrogens (tertiary/aromatic N) is 2. The maximum Gasteiger partial charge on any atom is 0.340 e. The molecule has 184 valence electrons. The molecule has 6 rings (SSSR count). The summed E-state index contributed by atoms with van der Waals surface area (Å²) in [5.74, 6) is -0.823. The lowest BCUT2D eigenvalue weighted by Crippen LogP contribution is -2.32. The Morgan fingerprint density at radius 2 is 2.00 bits per heavy atom. The summed E-state index contributed by atoms with van der Waals surface area (Å²) < 4.78 is 21.4. The number of hydrogen-bond acceptors (Lipinski definition) is 6. The molecule has 0 saturated heterocycles. The molecule has 0 amide bonds. The van der Waals surface area contributed by atoms with E-state index in [1.807, 2.05) is 20.8 Å². The van der Waals surface area contributed by atoms with Crippen LogP contribution in [0.3, 0.4) is 0 Å². The number of aliphatic hydroxyl groups is 1. The second-order valence-electron chi connectivity index (χ2n) is 9.12. The molecular formula is C27H30FN3O4. The number of halogens is 1. The first kappa shape index (κ1) is 23.6. The van der Waals surface area contributed by atoms with Crippen molar-refractivity contribution in [1.82, 2.24) is 14.9 Å². The van der Waals surface area contributed by atoms with E-state index >= 15 is 0 Å². The Bertz CT molecular complexity index is 1430. The number of pyridine rings is 2. The lowest BCUT2D eigenvalue weighted by Gasteiger charge is -2.29. The number of esters is 1. The fourth-order valence-corrected chi connectivity index (χ4v) is 5.72. The smallest absolute Gasteiger partial charge is 0.340 e. The number of aliphatic hydroxyl groups excluding tert-OH is 1. The average Bonchev–Trinajstić information content (AvgIpc) is 3.24. The number of carbonyl (C=O) groups is 1. The van der Waals surface area contributed by atoms with Crippen LogP contribution in [0.2, 0.25) is 0 Å². The van der Waals surface area contributed by atoms with Gasteiger partial charge in [0.05, 0.1) is 29.0 Å². The molecule has 8 heteroatoms. The Kier molecular flexibility index (Phi) is 5.97. The molecule has 1 aliphatic carbocycles. The van der Waals surface area contributed by atoms with Gasteiger partial charge in [-0.05, 0) is 55.0 Å². The van der Waals surface area contributed by atoms with Gasteiger partial charge in [0.1, 0.15) is 12.4 Å². The fraction of sp³-hybridized carbons (Fsp3) is 0.444. The number of benzene rings is 1. The van der Waals surface area contributed by atoms with E-state index in [1.165, 1.54) is 6.07 Å². The third-order valence-electron chi connectivity index (χ3n) is 7.41. The van der Waals surface area contributed by atoms with E-state index in [1.54, 1.807) is 10.6 Å². The highest BCUT2D eigenvalue weighted by atomic mass is 19.1. The Hall–Kier alpha value is -3.10. The van der Waals surface area contributed by atoms with E-state index < -0.39 is 12.1 Å². The van der Waals surface area contributed by atoms with Gasteiger partial charge in [-0.25, -0.2) is 14.2 Å². The lowest BCUT2D eigenvalue weighted by atomic mass is 9.78. The average molecular weight is 480 g/mol. The maximum atomic E-state index is 14.8. The van der Waals surface area contributed by atoms with Crippen molar-refractivity contribution in [3.8, 4) is 11.4 Å². The molecule has 35 heavy (non-hydrogen) atoms. The highest BCUT2D eigenvalue weighted by molar-refractivity contribution is 5.93. The van der Waals surface area contributed by atoms with Crippen LogP contribution in [0.15, 0.2) is 16.9 Å². The van der Waals surface area contributed by atoms with E-state index in [0.29, 0.717) is 34.6 Å². The zero-order valence-electron chi connectivity index (χ0n) is 20.5. The first-order chi connectivity index (χ1) is 16.9. The summed E-state index contributed by atoms with van der Waals surface area (Å²) in [4.78, 5) is 30.1. The molecule has 2 N–H and O–H groups in total. The molecule has 0 spiro atoms. The van der Waals surface area contributed by atoms with E-state index in [4.69, 9.17) is 9.72 Å². The molecule has 3 aromatic rings. The number of hydrogen-bond donors (Lipinski definition) is 2. The van der Waals surface area contributed by atoms with Gasteiger partial charge < -0.3 is 19.7 Å². The quantitative estimate of drug-likeness (QED) is 0.436. The van der Waals surface area contributed by atoms with Gasteiger partial charge in [-0.15, -0.1) is 0 Å². The number of cyclic esters (lactones) is 1. The molecule has 4 heterocycles. The van der Waals surface area contributed by atoms with Crippen LogP contribution in [0, 0.1) is 12.7 Å². The second-order valence-corrected chi connectivity index (χ2v) is 9.12. The van der Waals surface area contributed by atoms with Crippen molar-refractivity contribution in [2.75, 3.05) is 13.1 Å². The largest absolute Gasteiger partial charge is 0.458 e. The number of carbonyl (C=O) groups excluding carboxylic acids is 1. The van der Waals surface area contributed by atoms with Crippen LogP contribution in [0.25, 0.3) is 22.3 Å². The van der Waals surface area contributed by atoms with E-state index in [9.17, 15) is 19.1 Å². The highest BCUT2D eigenvalue weighted by Gasteiger charge is 2.37. The number of ether oxygens (including phenoxy) is 1. The molecule has 7 nitrogen and oxygen atoms in total. The van der Waals surface area contributed by atoms with Crippen LogP contribution in [-0.4, -0.2) is 33.7 Å². The molecule has 0 radical (unpaired) electrons. The van der Waals surface area contributed by atoms with E-state index in [0.717, 1.165) is 48.0 Å². The SMILES string of the molecule is CC.CCNCC1CCc2c(C)c(F)cc3nc4c(c1c23)Cn1c-4cc2c(c1=O)COC(=O)C2O. The van der Waals surface area contributed by atoms with Crippen molar-refractivity contribution < 1.29 is 19.0 Å². The summed E-state index contributed by atoms with van der Waals surface area (Å²) in [5.41, 5.74) is 5.81. The molecule has 2 unspecified atom stereocenters. The predicted octanol–water partition coefficient (Wildman–Crippen LogP) is 3.63. The van der Waals surface area contributed by atoms with Gasteiger partial charge in [0.2, 0.25) is 0 Å². The number of aryl methyl sites for hydroxylation is 1. The van der Waals surface area contributed by atoms with Crippen molar-refractivity contribution in [1.29, 1.82) is 0 Å². The molecule has 0 bridgehead atoms. The van der Waals surface area contributed by atoms with Crippen molar-refractivity contribution in [3.05, 3.63) is 61.7 Å². The summed E-state index contributed by atoms with van der Waals surface area (Å²) in [6.45, 7) is 9.73. The summed E-state index contributed by atoms with van der Waals surface area (Å²) >= 11 is 0. The van der Waals surface area contributed by atoms with E-state index in [-0.39, 0.29) is 29.5 Å². The zero-order chi connectivity index (χ0) is 25.0. The van der Waals surface area contributed by atoms with E-state index in [2.05, 4.69) is 12.2 Å². The van der Waals surface area contributed by atoms with Gasteiger partial charge in [-0.3, -0.25) is 4.79 Å². The molecule has 2 aliphatic heterocycles. The lowest BCUT2D eigenvalue weighted by molar-refractivity contribution is -0.157. The number of aromatic nitrogens is 2. The monoisotopic (exact) mass is 479 g/mol. The summed E-state index contributed by atoms with van der Waals surface area (Å²) in [5, 5.41) is 14.8. The minimum Gasteiger partial charge on any atom is -0.458 e. The van der Waals surface area contributed by atoms with Crippen molar-refractivity contribution in [2.45, 2.75) is 65.7 Å².